The van der Waals surface area contributed by atoms with Gasteiger partial charge in [-0.15, -0.1) is 0 Å². The van der Waals surface area contributed by atoms with Gasteiger partial charge in [0.1, 0.15) is 17.6 Å². The molecular weight excluding hydrogens is 214 g/mol. The topological polar surface area (TPSA) is 53.1 Å². The molecule has 86 valence electrons. The highest BCUT2D eigenvalue weighted by Gasteiger charge is 2.10. The van der Waals surface area contributed by atoms with Gasteiger partial charge < -0.3 is 9.32 Å². The Balaban J connectivity index is 2.24. The van der Waals surface area contributed by atoms with Crippen LogP contribution < -0.4 is 4.90 Å². The van der Waals surface area contributed by atoms with Crippen molar-refractivity contribution in [3.05, 3.63) is 47.5 Å². The lowest BCUT2D eigenvalue weighted by Gasteiger charge is -2.18. The minimum Gasteiger partial charge on any atom is -0.469 e. The Kier molecular flexibility index (Phi) is 3.10. The molecule has 0 bridgehead atoms. The molecule has 0 N–H and O–H groups in total. The fraction of sp³-hybridized carbons (Fsp3) is 0.231. The van der Waals surface area contributed by atoms with Gasteiger partial charge in [0, 0.05) is 25.4 Å². The van der Waals surface area contributed by atoms with Gasteiger partial charge in [0.2, 0.25) is 0 Å². The van der Waals surface area contributed by atoms with E-state index >= 15 is 0 Å². The third kappa shape index (κ3) is 2.28. The van der Waals surface area contributed by atoms with Crippen molar-refractivity contribution < 1.29 is 4.42 Å². The van der Waals surface area contributed by atoms with Crippen molar-refractivity contribution in [2.24, 2.45) is 0 Å². The van der Waals surface area contributed by atoms with Crippen LogP contribution >= 0.6 is 0 Å². The lowest BCUT2D eigenvalue weighted by atomic mass is 10.2. The molecule has 17 heavy (non-hydrogen) atoms. The molecule has 2 aromatic heterocycles. The quantitative estimate of drug-likeness (QED) is 0.808. The predicted octanol–water partition coefficient (Wildman–Crippen LogP) is 2.49. The minimum absolute atomic E-state index is 0.580. The van der Waals surface area contributed by atoms with Gasteiger partial charge in [-0.25, -0.2) is 4.98 Å². The van der Waals surface area contributed by atoms with Gasteiger partial charge in [-0.05, 0) is 25.1 Å². The molecular formula is C13H13N3O. The van der Waals surface area contributed by atoms with Gasteiger partial charge in [0.15, 0.2) is 0 Å². The Morgan fingerprint density at radius 3 is 2.94 bits per heavy atom. The molecule has 0 aliphatic carbocycles. The summed E-state index contributed by atoms with van der Waals surface area (Å²) in [5.41, 5.74) is 1.68. The second-order valence-electron chi connectivity index (χ2n) is 3.84. The number of hydrogen-bond donors (Lipinski definition) is 0. The first-order valence-electron chi connectivity index (χ1n) is 5.31. The number of furan rings is 1. The summed E-state index contributed by atoms with van der Waals surface area (Å²) in [4.78, 5) is 6.17. The van der Waals surface area contributed by atoms with Crippen molar-refractivity contribution in [1.29, 1.82) is 5.26 Å². The van der Waals surface area contributed by atoms with E-state index in [4.69, 9.17) is 9.68 Å². The number of hydrogen-bond acceptors (Lipinski definition) is 4. The van der Waals surface area contributed by atoms with Crippen LogP contribution in [0.2, 0.25) is 0 Å². The van der Waals surface area contributed by atoms with Crippen LogP contribution in [-0.4, -0.2) is 12.0 Å². The number of aromatic nitrogens is 1. The van der Waals surface area contributed by atoms with Gasteiger partial charge in [-0.1, -0.05) is 0 Å². The Bertz CT molecular complexity index is 554. The maximum atomic E-state index is 9.01. The second kappa shape index (κ2) is 4.71. The number of nitriles is 1. The molecule has 4 heteroatoms. The third-order valence-electron chi connectivity index (χ3n) is 2.64. The summed E-state index contributed by atoms with van der Waals surface area (Å²) < 4.78 is 5.25. The first kappa shape index (κ1) is 11.2. The SMILES string of the molecule is Cc1occc1CN(C)c1ncccc1C#N. The summed E-state index contributed by atoms with van der Waals surface area (Å²) in [6.45, 7) is 2.60. The molecule has 0 spiro atoms. The molecule has 0 unspecified atom stereocenters. The fourth-order valence-electron chi connectivity index (χ4n) is 1.69. The largest absolute Gasteiger partial charge is 0.469 e. The normalized spacial score (nSPS) is 9.94. The Labute approximate surface area is 100 Å². The van der Waals surface area contributed by atoms with Crippen LogP contribution in [0, 0.1) is 18.3 Å². The van der Waals surface area contributed by atoms with Crippen LogP contribution in [0.5, 0.6) is 0 Å². The van der Waals surface area contributed by atoms with Crippen LogP contribution in [0.25, 0.3) is 0 Å². The number of nitrogens with zero attached hydrogens (tertiary/aromatic N) is 3. The van der Waals surface area contributed by atoms with E-state index in [0.717, 1.165) is 11.3 Å². The van der Waals surface area contributed by atoms with Crippen molar-refractivity contribution in [2.75, 3.05) is 11.9 Å². The van der Waals surface area contributed by atoms with Crippen LogP contribution in [0.15, 0.2) is 35.1 Å². The minimum atomic E-state index is 0.580. The number of aryl methyl sites for hydroxylation is 1. The highest BCUT2D eigenvalue weighted by molar-refractivity contribution is 5.53. The Morgan fingerprint density at radius 1 is 1.47 bits per heavy atom. The first-order chi connectivity index (χ1) is 8.22. The summed E-state index contributed by atoms with van der Waals surface area (Å²) in [5, 5.41) is 9.01. The van der Waals surface area contributed by atoms with Crippen LogP contribution in [0.3, 0.4) is 0 Å². The van der Waals surface area contributed by atoms with Gasteiger partial charge >= 0.3 is 0 Å². The number of rotatable bonds is 3. The summed E-state index contributed by atoms with van der Waals surface area (Å²) in [5.74, 6) is 1.59. The molecule has 2 aromatic rings. The second-order valence-corrected chi connectivity index (χ2v) is 3.84. The Hall–Kier alpha value is -2.28. The summed E-state index contributed by atoms with van der Waals surface area (Å²) in [7, 11) is 1.91. The molecule has 0 amide bonds. The van der Waals surface area contributed by atoms with Crippen molar-refractivity contribution >= 4 is 5.82 Å². The monoisotopic (exact) mass is 227 g/mol. The third-order valence-corrected chi connectivity index (χ3v) is 2.64. The van der Waals surface area contributed by atoms with Crippen molar-refractivity contribution in [1.82, 2.24) is 4.98 Å². The summed E-state index contributed by atoms with van der Waals surface area (Å²) in [6, 6.07) is 7.60. The van der Waals surface area contributed by atoms with E-state index in [1.54, 1.807) is 24.6 Å². The molecule has 2 rings (SSSR count). The molecule has 4 nitrogen and oxygen atoms in total. The standard InChI is InChI=1S/C13H13N3O/c1-10-12(5-7-17-10)9-16(2)13-11(8-14)4-3-6-15-13/h3-7H,9H2,1-2H3. The number of anilines is 1. The zero-order valence-corrected chi connectivity index (χ0v) is 9.84. The van der Waals surface area contributed by atoms with E-state index < -0.39 is 0 Å². The van der Waals surface area contributed by atoms with E-state index in [0.29, 0.717) is 17.9 Å². The lowest BCUT2D eigenvalue weighted by Crippen LogP contribution is -2.18. The summed E-state index contributed by atoms with van der Waals surface area (Å²) >= 11 is 0. The molecule has 0 saturated carbocycles. The zero-order valence-electron chi connectivity index (χ0n) is 9.84. The maximum absolute atomic E-state index is 9.01. The van der Waals surface area contributed by atoms with Gasteiger partial charge in [-0.2, -0.15) is 5.26 Å². The molecule has 0 radical (unpaired) electrons. The highest BCUT2D eigenvalue weighted by atomic mass is 16.3. The molecule has 0 aliphatic heterocycles. The fourth-order valence-corrected chi connectivity index (χ4v) is 1.69. The summed E-state index contributed by atoms with van der Waals surface area (Å²) in [6.07, 6.45) is 3.36. The van der Waals surface area contributed by atoms with Crippen molar-refractivity contribution in [3.63, 3.8) is 0 Å². The average molecular weight is 227 g/mol. The number of pyridine rings is 1. The van der Waals surface area contributed by atoms with Crippen LogP contribution in [0.4, 0.5) is 5.82 Å². The molecule has 0 aromatic carbocycles. The smallest absolute Gasteiger partial charge is 0.146 e. The molecule has 0 saturated heterocycles. The van der Waals surface area contributed by atoms with Gasteiger partial charge in [0.05, 0.1) is 11.8 Å². The van der Waals surface area contributed by atoms with Gasteiger partial charge in [0.25, 0.3) is 0 Å². The van der Waals surface area contributed by atoms with Crippen molar-refractivity contribution in [3.8, 4) is 6.07 Å². The van der Waals surface area contributed by atoms with E-state index in [1.165, 1.54) is 0 Å². The molecule has 0 aliphatic rings. The maximum Gasteiger partial charge on any atom is 0.146 e. The van der Waals surface area contributed by atoms with E-state index in [9.17, 15) is 0 Å². The molecule has 2 heterocycles. The molecule has 0 fully saturated rings. The van der Waals surface area contributed by atoms with Crippen LogP contribution in [0.1, 0.15) is 16.9 Å². The van der Waals surface area contributed by atoms with Crippen molar-refractivity contribution in [2.45, 2.75) is 13.5 Å². The first-order valence-corrected chi connectivity index (χ1v) is 5.31. The lowest BCUT2D eigenvalue weighted by molar-refractivity contribution is 0.529. The van der Waals surface area contributed by atoms with E-state index in [1.807, 2.05) is 24.9 Å². The van der Waals surface area contributed by atoms with Gasteiger partial charge in [-0.3, -0.25) is 0 Å². The highest BCUT2D eigenvalue weighted by Crippen LogP contribution is 2.18. The molecule has 0 atom stereocenters. The predicted molar refractivity (Wildman–Crippen MR) is 64.5 cm³/mol. The van der Waals surface area contributed by atoms with Crippen LogP contribution in [-0.2, 0) is 6.54 Å². The van der Waals surface area contributed by atoms with E-state index in [2.05, 4.69) is 11.1 Å². The zero-order chi connectivity index (χ0) is 12.3. The van der Waals surface area contributed by atoms with E-state index in [-0.39, 0.29) is 0 Å². The average Bonchev–Trinajstić information content (AvgIpc) is 2.75. The Morgan fingerprint density at radius 2 is 2.29 bits per heavy atom.